The van der Waals surface area contributed by atoms with Crippen LogP contribution >= 0.6 is 0 Å². The third-order valence-electron chi connectivity index (χ3n) is 4.70. The van der Waals surface area contributed by atoms with E-state index in [0.29, 0.717) is 11.9 Å². The molecule has 0 aromatic carbocycles. The summed E-state index contributed by atoms with van der Waals surface area (Å²) in [6.07, 6.45) is 7.36. The molecule has 1 amide bonds. The van der Waals surface area contributed by atoms with Crippen LogP contribution in [0.3, 0.4) is 0 Å². The van der Waals surface area contributed by atoms with Crippen molar-refractivity contribution in [3.05, 3.63) is 0 Å². The summed E-state index contributed by atoms with van der Waals surface area (Å²) in [5.74, 6) is 1.52. The Balaban J connectivity index is 1.83. The van der Waals surface area contributed by atoms with Crippen LogP contribution in [-0.4, -0.2) is 37.0 Å². The van der Waals surface area contributed by atoms with Crippen LogP contribution in [0.1, 0.15) is 45.4 Å². The van der Waals surface area contributed by atoms with Crippen LogP contribution < -0.4 is 5.32 Å². The Labute approximate surface area is 105 Å². The van der Waals surface area contributed by atoms with E-state index in [1.807, 2.05) is 11.9 Å². The number of nitrogens with one attached hydrogen (secondary N) is 1. The molecule has 3 nitrogen and oxygen atoms in total. The van der Waals surface area contributed by atoms with Crippen LogP contribution in [0.2, 0.25) is 0 Å². The molecule has 1 N–H and O–H groups in total. The van der Waals surface area contributed by atoms with E-state index >= 15 is 0 Å². The van der Waals surface area contributed by atoms with E-state index in [2.05, 4.69) is 12.2 Å². The van der Waals surface area contributed by atoms with Crippen LogP contribution in [0, 0.1) is 11.8 Å². The summed E-state index contributed by atoms with van der Waals surface area (Å²) < 4.78 is 0. The molecule has 2 fully saturated rings. The molecule has 3 heteroatoms. The van der Waals surface area contributed by atoms with Crippen molar-refractivity contribution in [2.24, 2.45) is 11.8 Å². The van der Waals surface area contributed by atoms with Crippen molar-refractivity contribution in [1.82, 2.24) is 10.2 Å². The second-order valence-electron chi connectivity index (χ2n) is 5.72. The Morgan fingerprint density at radius 1 is 1.24 bits per heavy atom. The molecule has 1 aliphatic carbocycles. The molecule has 98 valence electrons. The Morgan fingerprint density at radius 2 is 1.94 bits per heavy atom. The van der Waals surface area contributed by atoms with Gasteiger partial charge in [-0.2, -0.15) is 0 Å². The lowest BCUT2D eigenvalue weighted by atomic mass is 9.84. The highest BCUT2D eigenvalue weighted by atomic mass is 16.2. The Hall–Kier alpha value is -0.570. The van der Waals surface area contributed by atoms with Gasteiger partial charge >= 0.3 is 0 Å². The highest BCUT2D eigenvalue weighted by Gasteiger charge is 2.30. The lowest BCUT2D eigenvalue weighted by molar-refractivity contribution is -0.136. The second-order valence-corrected chi connectivity index (χ2v) is 5.72. The molecule has 0 bridgehead atoms. The highest BCUT2D eigenvalue weighted by molar-refractivity contribution is 5.79. The topological polar surface area (TPSA) is 32.3 Å². The maximum atomic E-state index is 12.3. The van der Waals surface area contributed by atoms with Crippen molar-refractivity contribution in [2.75, 3.05) is 20.1 Å². The molecule has 1 saturated heterocycles. The van der Waals surface area contributed by atoms with Crippen LogP contribution in [0.25, 0.3) is 0 Å². The molecule has 0 aromatic heterocycles. The van der Waals surface area contributed by atoms with Crippen LogP contribution in [0.15, 0.2) is 0 Å². The second kappa shape index (κ2) is 5.85. The predicted molar refractivity (Wildman–Crippen MR) is 69.8 cm³/mol. The van der Waals surface area contributed by atoms with Crippen LogP contribution in [-0.2, 0) is 4.79 Å². The van der Waals surface area contributed by atoms with Gasteiger partial charge in [-0.15, -0.1) is 0 Å². The molecule has 1 unspecified atom stereocenters. The molecule has 2 rings (SSSR count). The van der Waals surface area contributed by atoms with E-state index in [9.17, 15) is 4.79 Å². The molecule has 17 heavy (non-hydrogen) atoms. The average Bonchev–Trinajstić information content (AvgIpc) is 2.91. The van der Waals surface area contributed by atoms with Gasteiger partial charge in [-0.1, -0.05) is 13.3 Å². The van der Waals surface area contributed by atoms with Gasteiger partial charge in [0.25, 0.3) is 0 Å². The lowest BCUT2D eigenvalue weighted by Gasteiger charge is -2.35. The molecule has 1 atom stereocenters. The van der Waals surface area contributed by atoms with E-state index in [1.54, 1.807) is 0 Å². The number of hydrogen-bond acceptors (Lipinski definition) is 2. The summed E-state index contributed by atoms with van der Waals surface area (Å²) in [5, 5.41) is 3.28. The standard InChI is InChI=1S/C14H26N2O/c1-3-11-4-6-13(7-5-11)16(2)14(17)12-8-9-15-10-12/h11-13,15H,3-10H2,1-2H3. The molecule has 0 spiro atoms. The van der Waals surface area contributed by atoms with E-state index in [4.69, 9.17) is 0 Å². The van der Waals surface area contributed by atoms with Crippen molar-refractivity contribution in [3.8, 4) is 0 Å². The third-order valence-corrected chi connectivity index (χ3v) is 4.70. The van der Waals surface area contributed by atoms with Gasteiger partial charge in [0.15, 0.2) is 0 Å². The van der Waals surface area contributed by atoms with Crippen molar-refractivity contribution >= 4 is 5.91 Å². The van der Waals surface area contributed by atoms with Crippen molar-refractivity contribution in [2.45, 2.75) is 51.5 Å². The lowest BCUT2D eigenvalue weighted by Crippen LogP contribution is -2.43. The van der Waals surface area contributed by atoms with Gasteiger partial charge in [0.1, 0.15) is 0 Å². The van der Waals surface area contributed by atoms with Gasteiger partial charge in [-0.25, -0.2) is 0 Å². The summed E-state index contributed by atoms with van der Waals surface area (Å²) in [5.41, 5.74) is 0. The summed E-state index contributed by atoms with van der Waals surface area (Å²) in [7, 11) is 2.01. The normalized spacial score (nSPS) is 33.6. The summed E-state index contributed by atoms with van der Waals surface area (Å²) in [4.78, 5) is 14.3. The van der Waals surface area contributed by atoms with Gasteiger partial charge in [-0.05, 0) is 44.6 Å². The first-order chi connectivity index (χ1) is 8.22. The predicted octanol–water partition coefficient (Wildman–Crippen LogP) is 2.02. The van der Waals surface area contributed by atoms with E-state index in [1.165, 1.54) is 32.1 Å². The zero-order valence-electron chi connectivity index (χ0n) is 11.2. The average molecular weight is 238 g/mol. The fourth-order valence-electron chi connectivity index (χ4n) is 3.27. The number of hydrogen-bond donors (Lipinski definition) is 1. The molecular formula is C14H26N2O. The number of nitrogens with zero attached hydrogens (tertiary/aromatic N) is 1. The Morgan fingerprint density at radius 3 is 2.47 bits per heavy atom. The van der Waals surface area contributed by atoms with Crippen molar-refractivity contribution < 1.29 is 4.79 Å². The van der Waals surface area contributed by atoms with Gasteiger partial charge in [0, 0.05) is 19.6 Å². The smallest absolute Gasteiger partial charge is 0.227 e. The minimum atomic E-state index is 0.240. The van der Waals surface area contributed by atoms with E-state index in [0.717, 1.165) is 25.4 Å². The first-order valence-corrected chi connectivity index (χ1v) is 7.19. The first-order valence-electron chi connectivity index (χ1n) is 7.19. The maximum Gasteiger partial charge on any atom is 0.227 e. The largest absolute Gasteiger partial charge is 0.342 e. The summed E-state index contributed by atoms with van der Waals surface area (Å²) >= 11 is 0. The number of rotatable bonds is 3. The first kappa shape index (κ1) is 12.9. The zero-order chi connectivity index (χ0) is 12.3. The fraction of sp³-hybridized carbons (Fsp3) is 0.929. The quantitative estimate of drug-likeness (QED) is 0.816. The highest BCUT2D eigenvalue weighted by Crippen LogP contribution is 2.29. The Bertz CT molecular complexity index is 253. The van der Waals surface area contributed by atoms with Gasteiger partial charge in [0.2, 0.25) is 5.91 Å². The van der Waals surface area contributed by atoms with E-state index in [-0.39, 0.29) is 5.92 Å². The SMILES string of the molecule is CCC1CCC(N(C)C(=O)C2CCNC2)CC1. The number of carbonyl (C=O) groups is 1. The summed E-state index contributed by atoms with van der Waals surface area (Å²) in [6, 6.07) is 0.505. The Kier molecular flexibility index (Phi) is 4.43. The number of amides is 1. The van der Waals surface area contributed by atoms with Gasteiger partial charge in [-0.3, -0.25) is 4.79 Å². The summed E-state index contributed by atoms with van der Waals surface area (Å²) in [6.45, 7) is 4.17. The van der Waals surface area contributed by atoms with Crippen LogP contribution in [0.5, 0.6) is 0 Å². The van der Waals surface area contributed by atoms with Crippen molar-refractivity contribution in [3.63, 3.8) is 0 Å². The molecule has 1 saturated carbocycles. The third kappa shape index (κ3) is 3.01. The number of carbonyl (C=O) groups excluding carboxylic acids is 1. The van der Waals surface area contributed by atoms with E-state index < -0.39 is 0 Å². The molecular weight excluding hydrogens is 212 g/mol. The van der Waals surface area contributed by atoms with Gasteiger partial charge < -0.3 is 10.2 Å². The van der Waals surface area contributed by atoms with Crippen LogP contribution in [0.4, 0.5) is 0 Å². The van der Waals surface area contributed by atoms with Gasteiger partial charge in [0.05, 0.1) is 5.92 Å². The maximum absolute atomic E-state index is 12.3. The monoisotopic (exact) mass is 238 g/mol. The minimum absolute atomic E-state index is 0.240. The molecule has 1 aliphatic heterocycles. The molecule has 0 radical (unpaired) electrons. The molecule has 2 aliphatic rings. The van der Waals surface area contributed by atoms with Crippen molar-refractivity contribution in [1.29, 1.82) is 0 Å². The molecule has 1 heterocycles. The molecule has 0 aromatic rings. The fourth-order valence-corrected chi connectivity index (χ4v) is 3.27. The zero-order valence-corrected chi connectivity index (χ0v) is 11.2. The minimum Gasteiger partial charge on any atom is -0.342 e.